The fourth-order valence-electron chi connectivity index (χ4n) is 3.81. The van der Waals surface area contributed by atoms with Crippen LogP contribution in [0.25, 0.3) is 21.5 Å². The minimum absolute atomic E-state index is 0.0279. The number of benzene rings is 2. The van der Waals surface area contributed by atoms with Gasteiger partial charge in [-0.25, -0.2) is 4.98 Å². The quantitative estimate of drug-likeness (QED) is 0.385. The molecule has 5 rings (SSSR count). The topological polar surface area (TPSA) is 68.5 Å². The predicted octanol–water partition coefficient (Wildman–Crippen LogP) is 5.74. The smallest absolute Gasteiger partial charge is 0.266 e. The first-order valence-electron chi connectivity index (χ1n) is 10.1. The number of hydrogen-bond donors (Lipinski definition) is 0. The molecule has 0 bridgehead atoms. The van der Waals surface area contributed by atoms with Gasteiger partial charge in [0.05, 0.1) is 27.9 Å². The van der Waals surface area contributed by atoms with Crippen LogP contribution >= 0.6 is 22.9 Å². The second kappa shape index (κ2) is 8.42. The molecule has 1 atom stereocenters. The standard InChI is InChI=1S/C23H20ClN3O3S/c1-14-20(21(26-30-14)16-8-2-3-9-17(16)24)22(28)27(13-15-7-6-12-29-15)23-25-18-10-4-5-11-19(18)31-23/h2-5,8-11,15H,6-7,12-13H2,1H3/t15-/m1/s1. The van der Waals surface area contributed by atoms with E-state index in [9.17, 15) is 4.79 Å². The molecule has 2 aromatic heterocycles. The molecule has 0 saturated carbocycles. The number of carbonyl (C=O) groups excluding carboxylic acids is 1. The molecule has 0 radical (unpaired) electrons. The minimum atomic E-state index is -0.219. The molecule has 31 heavy (non-hydrogen) atoms. The summed E-state index contributed by atoms with van der Waals surface area (Å²) in [7, 11) is 0. The Balaban J connectivity index is 1.59. The lowest BCUT2D eigenvalue weighted by Crippen LogP contribution is -2.37. The molecule has 158 valence electrons. The number of aryl methyl sites for hydroxylation is 1. The summed E-state index contributed by atoms with van der Waals surface area (Å²) >= 11 is 7.88. The van der Waals surface area contributed by atoms with E-state index in [1.54, 1.807) is 17.9 Å². The van der Waals surface area contributed by atoms with Gasteiger partial charge in [-0.15, -0.1) is 0 Å². The number of aromatic nitrogens is 2. The molecule has 8 heteroatoms. The number of thiazole rings is 1. The Morgan fingerprint density at radius 2 is 2.03 bits per heavy atom. The van der Waals surface area contributed by atoms with Gasteiger partial charge in [-0.1, -0.05) is 58.4 Å². The molecule has 1 aliphatic rings. The lowest BCUT2D eigenvalue weighted by atomic mass is 10.0. The highest BCUT2D eigenvalue weighted by Gasteiger charge is 2.32. The lowest BCUT2D eigenvalue weighted by molar-refractivity contribution is 0.0916. The number of ether oxygens (including phenoxy) is 1. The van der Waals surface area contributed by atoms with E-state index in [0.29, 0.717) is 45.9 Å². The summed E-state index contributed by atoms with van der Waals surface area (Å²) in [6.45, 7) is 2.87. The number of para-hydroxylation sites is 1. The first-order valence-corrected chi connectivity index (χ1v) is 11.3. The Morgan fingerprint density at radius 1 is 1.23 bits per heavy atom. The van der Waals surface area contributed by atoms with Crippen LogP contribution in [0, 0.1) is 6.92 Å². The van der Waals surface area contributed by atoms with Gasteiger partial charge < -0.3 is 9.26 Å². The van der Waals surface area contributed by atoms with Crippen molar-refractivity contribution in [2.75, 3.05) is 18.1 Å². The Bertz CT molecular complexity index is 1210. The van der Waals surface area contributed by atoms with Gasteiger partial charge in [0.15, 0.2) is 5.13 Å². The first kappa shape index (κ1) is 20.2. The van der Waals surface area contributed by atoms with Crippen LogP contribution in [0.4, 0.5) is 5.13 Å². The summed E-state index contributed by atoms with van der Waals surface area (Å²) < 4.78 is 12.3. The number of amides is 1. The molecule has 1 fully saturated rings. The van der Waals surface area contributed by atoms with Crippen molar-refractivity contribution in [2.24, 2.45) is 0 Å². The van der Waals surface area contributed by atoms with Crippen molar-refractivity contribution in [1.82, 2.24) is 10.1 Å². The van der Waals surface area contributed by atoms with Crippen LogP contribution in [0.3, 0.4) is 0 Å². The maximum Gasteiger partial charge on any atom is 0.266 e. The molecule has 1 aliphatic heterocycles. The van der Waals surface area contributed by atoms with Crippen LogP contribution in [-0.4, -0.2) is 35.3 Å². The zero-order chi connectivity index (χ0) is 21.4. The number of carbonyl (C=O) groups is 1. The third-order valence-electron chi connectivity index (χ3n) is 5.37. The van der Waals surface area contributed by atoms with Crippen molar-refractivity contribution in [2.45, 2.75) is 25.9 Å². The number of halogens is 1. The molecule has 6 nitrogen and oxygen atoms in total. The summed E-state index contributed by atoms with van der Waals surface area (Å²) in [5.74, 6) is 0.224. The van der Waals surface area contributed by atoms with E-state index >= 15 is 0 Å². The molecule has 3 heterocycles. The van der Waals surface area contributed by atoms with E-state index in [-0.39, 0.29) is 12.0 Å². The summed E-state index contributed by atoms with van der Waals surface area (Å²) in [5, 5.41) is 5.30. The molecular weight excluding hydrogens is 434 g/mol. The highest BCUT2D eigenvalue weighted by Crippen LogP contribution is 2.35. The summed E-state index contributed by atoms with van der Waals surface area (Å²) in [6, 6.07) is 15.2. The Hall–Kier alpha value is -2.74. The Labute approximate surface area is 188 Å². The van der Waals surface area contributed by atoms with Crippen LogP contribution in [0.1, 0.15) is 29.0 Å². The van der Waals surface area contributed by atoms with E-state index in [1.165, 1.54) is 11.3 Å². The van der Waals surface area contributed by atoms with E-state index in [1.807, 2.05) is 42.5 Å². The van der Waals surface area contributed by atoms with Crippen molar-refractivity contribution < 1.29 is 14.1 Å². The van der Waals surface area contributed by atoms with Gasteiger partial charge in [0.1, 0.15) is 17.0 Å². The highest BCUT2D eigenvalue weighted by atomic mass is 35.5. The maximum atomic E-state index is 13.9. The summed E-state index contributed by atoms with van der Waals surface area (Å²) in [6.07, 6.45) is 1.87. The molecule has 0 N–H and O–H groups in total. The van der Waals surface area contributed by atoms with Gasteiger partial charge in [-0.2, -0.15) is 0 Å². The van der Waals surface area contributed by atoms with Crippen molar-refractivity contribution in [3.63, 3.8) is 0 Å². The van der Waals surface area contributed by atoms with Crippen LogP contribution in [0.5, 0.6) is 0 Å². The number of fused-ring (bicyclic) bond motifs is 1. The van der Waals surface area contributed by atoms with Crippen molar-refractivity contribution in [3.05, 3.63) is 64.9 Å². The van der Waals surface area contributed by atoms with Crippen LogP contribution < -0.4 is 4.90 Å². The average molecular weight is 454 g/mol. The highest BCUT2D eigenvalue weighted by molar-refractivity contribution is 7.22. The molecule has 0 aliphatic carbocycles. The van der Waals surface area contributed by atoms with Gasteiger partial charge >= 0.3 is 0 Å². The van der Waals surface area contributed by atoms with Crippen molar-refractivity contribution in [1.29, 1.82) is 0 Å². The maximum absolute atomic E-state index is 13.9. The van der Waals surface area contributed by atoms with E-state index < -0.39 is 0 Å². The van der Waals surface area contributed by atoms with E-state index in [0.717, 1.165) is 23.1 Å². The number of rotatable bonds is 5. The Kier molecular flexibility index (Phi) is 5.48. The summed E-state index contributed by atoms with van der Waals surface area (Å²) in [4.78, 5) is 20.3. The zero-order valence-corrected chi connectivity index (χ0v) is 18.4. The van der Waals surface area contributed by atoms with Crippen molar-refractivity contribution in [3.8, 4) is 11.3 Å². The second-order valence-electron chi connectivity index (χ2n) is 7.46. The number of anilines is 1. The normalized spacial score (nSPS) is 16.1. The van der Waals surface area contributed by atoms with Crippen LogP contribution in [-0.2, 0) is 4.74 Å². The third-order valence-corrected chi connectivity index (χ3v) is 6.76. The molecule has 0 unspecified atom stereocenters. The zero-order valence-electron chi connectivity index (χ0n) is 16.9. The summed E-state index contributed by atoms with van der Waals surface area (Å²) in [5.41, 5.74) is 2.35. The fourth-order valence-corrected chi connectivity index (χ4v) is 5.01. The largest absolute Gasteiger partial charge is 0.376 e. The van der Waals surface area contributed by atoms with Crippen LogP contribution in [0.2, 0.25) is 5.02 Å². The second-order valence-corrected chi connectivity index (χ2v) is 8.87. The molecule has 2 aromatic carbocycles. The van der Waals surface area contributed by atoms with Gasteiger partial charge in [0.25, 0.3) is 5.91 Å². The monoisotopic (exact) mass is 453 g/mol. The van der Waals surface area contributed by atoms with Crippen LogP contribution in [0.15, 0.2) is 53.1 Å². The lowest BCUT2D eigenvalue weighted by Gasteiger charge is -2.23. The van der Waals surface area contributed by atoms with Gasteiger partial charge in [-0.3, -0.25) is 9.69 Å². The van der Waals surface area contributed by atoms with E-state index in [4.69, 9.17) is 25.8 Å². The molecular formula is C23H20ClN3O3S. The molecule has 1 saturated heterocycles. The SMILES string of the molecule is Cc1onc(-c2ccccc2Cl)c1C(=O)N(C[C@H]1CCCO1)c1nc2ccccc2s1. The minimum Gasteiger partial charge on any atom is -0.376 e. The van der Waals surface area contributed by atoms with Crippen molar-refractivity contribution >= 4 is 44.2 Å². The van der Waals surface area contributed by atoms with Gasteiger partial charge in [0, 0.05) is 12.2 Å². The Morgan fingerprint density at radius 3 is 2.81 bits per heavy atom. The molecule has 0 spiro atoms. The molecule has 1 amide bonds. The molecule has 4 aromatic rings. The first-order chi connectivity index (χ1) is 15.1. The fraction of sp³-hybridized carbons (Fsp3) is 0.261. The van der Waals surface area contributed by atoms with E-state index in [2.05, 4.69) is 5.16 Å². The number of hydrogen-bond acceptors (Lipinski definition) is 6. The average Bonchev–Trinajstić information content (AvgIpc) is 3.51. The third kappa shape index (κ3) is 3.84. The van der Waals surface area contributed by atoms with Gasteiger partial charge in [-0.05, 0) is 38.0 Å². The number of nitrogens with zero attached hydrogens (tertiary/aromatic N) is 3. The van der Waals surface area contributed by atoms with Gasteiger partial charge in [0.2, 0.25) is 0 Å². The predicted molar refractivity (Wildman–Crippen MR) is 122 cm³/mol.